The SMILES string of the molecule is Cc1cc(NC(=O)COc2ccc3ccccc3c2)ccn1. The summed E-state index contributed by atoms with van der Waals surface area (Å²) in [5.41, 5.74) is 1.58. The fourth-order valence-corrected chi connectivity index (χ4v) is 2.23. The molecule has 0 spiro atoms. The summed E-state index contributed by atoms with van der Waals surface area (Å²) in [6.45, 7) is 1.85. The molecule has 110 valence electrons. The maximum atomic E-state index is 11.9. The molecule has 0 unspecified atom stereocenters. The monoisotopic (exact) mass is 292 g/mol. The van der Waals surface area contributed by atoms with E-state index in [4.69, 9.17) is 4.74 Å². The summed E-state index contributed by atoms with van der Waals surface area (Å²) < 4.78 is 5.55. The van der Waals surface area contributed by atoms with Gasteiger partial charge in [-0.15, -0.1) is 0 Å². The number of ether oxygens (including phenoxy) is 1. The van der Waals surface area contributed by atoms with Gasteiger partial charge in [-0.2, -0.15) is 0 Å². The molecule has 0 aliphatic rings. The number of hydrogen-bond acceptors (Lipinski definition) is 3. The highest BCUT2D eigenvalue weighted by molar-refractivity contribution is 5.92. The Morgan fingerprint density at radius 2 is 1.91 bits per heavy atom. The largest absolute Gasteiger partial charge is 0.484 e. The zero-order chi connectivity index (χ0) is 15.4. The van der Waals surface area contributed by atoms with E-state index in [1.54, 1.807) is 12.3 Å². The third-order valence-corrected chi connectivity index (χ3v) is 3.27. The number of nitrogens with zero attached hydrogens (tertiary/aromatic N) is 1. The number of benzene rings is 2. The lowest BCUT2D eigenvalue weighted by Crippen LogP contribution is -2.20. The summed E-state index contributed by atoms with van der Waals surface area (Å²) in [5, 5.41) is 5.02. The van der Waals surface area contributed by atoms with Crippen LogP contribution in [-0.4, -0.2) is 17.5 Å². The number of fused-ring (bicyclic) bond motifs is 1. The van der Waals surface area contributed by atoms with E-state index in [-0.39, 0.29) is 12.5 Å². The zero-order valence-corrected chi connectivity index (χ0v) is 12.2. The van der Waals surface area contributed by atoms with Gasteiger partial charge in [-0.05, 0) is 42.0 Å². The molecule has 0 bridgehead atoms. The standard InChI is InChI=1S/C18H16N2O2/c1-13-10-16(8-9-19-13)20-18(21)12-22-17-7-6-14-4-2-3-5-15(14)11-17/h2-11H,12H2,1H3,(H,19,20,21). The lowest BCUT2D eigenvalue weighted by molar-refractivity contribution is -0.118. The third kappa shape index (κ3) is 3.41. The highest BCUT2D eigenvalue weighted by Gasteiger charge is 2.04. The number of nitrogens with one attached hydrogen (secondary N) is 1. The molecule has 4 heteroatoms. The Morgan fingerprint density at radius 3 is 2.73 bits per heavy atom. The van der Waals surface area contributed by atoms with Crippen LogP contribution in [0.1, 0.15) is 5.69 Å². The molecule has 1 aromatic heterocycles. The molecule has 0 aliphatic heterocycles. The summed E-state index contributed by atoms with van der Waals surface area (Å²) in [6, 6.07) is 17.4. The van der Waals surface area contributed by atoms with Crippen molar-refractivity contribution in [3.8, 4) is 5.75 Å². The van der Waals surface area contributed by atoms with E-state index in [1.165, 1.54) is 0 Å². The van der Waals surface area contributed by atoms with Crippen LogP contribution in [-0.2, 0) is 4.79 Å². The van der Waals surface area contributed by atoms with Crippen LogP contribution in [0.3, 0.4) is 0 Å². The van der Waals surface area contributed by atoms with Crippen LogP contribution in [0.25, 0.3) is 10.8 Å². The van der Waals surface area contributed by atoms with Gasteiger partial charge >= 0.3 is 0 Å². The van der Waals surface area contributed by atoms with Crippen LogP contribution in [0, 0.1) is 6.92 Å². The van der Waals surface area contributed by atoms with Crippen LogP contribution in [0.2, 0.25) is 0 Å². The van der Waals surface area contributed by atoms with Crippen LogP contribution in [0.5, 0.6) is 5.75 Å². The lowest BCUT2D eigenvalue weighted by atomic mass is 10.1. The number of carbonyl (C=O) groups is 1. The average molecular weight is 292 g/mol. The Hall–Kier alpha value is -2.88. The van der Waals surface area contributed by atoms with E-state index in [0.717, 1.165) is 22.2 Å². The molecule has 0 atom stereocenters. The second-order valence-corrected chi connectivity index (χ2v) is 5.03. The molecule has 0 aliphatic carbocycles. The van der Waals surface area contributed by atoms with Gasteiger partial charge in [0.25, 0.3) is 5.91 Å². The van der Waals surface area contributed by atoms with Crippen molar-refractivity contribution >= 4 is 22.4 Å². The minimum atomic E-state index is -0.196. The minimum Gasteiger partial charge on any atom is -0.484 e. The second kappa shape index (κ2) is 6.26. The Balaban J connectivity index is 1.62. The van der Waals surface area contributed by atoms with E-state index < -0.39 is 0 Å². The number of rotatable bonds is 4. The number of aromatic nitrogens is 1. The van der Waals surface area contributed by atoms with Crippen LogP contribution < -0.4 is 10.1 Å². The lowest BCUT2D eigenvalue weighted by Gasteiger charge is -2.08. The quantitative estimate of drug-likeness (QED) is 0.800. The van der Waals surface area contributed by atoms with Crippen molar-refractivity contribution < 1.29 is 9.53 Å². The fourth-order valence-electron chi connectivity index (χ4n) is 2.23. The summed E-state index contributed by atoms with van der Waals surface area (Å²) >= 11 is 0. The van der Waals surface area contributed by atoms with Gasteiger partial charge in [0, 0.05) is 17.6 Å². The summed E-state index contributed by atoms with van der Waals surface area (Å²) in [4.78, 5) is 16.0. The molecule has 3 rings (SSSR count). The van der Waals surface area contributed by atoms with Gasteiger partial charge in [0.15, 0.2) is 6.61 Å². The smallest absolute Gasteiger partial charge is 0.262 e. The summed E-state index contributed by atoms with van der Waals surface area (Å²) in [5.74, 6) is 0.485. The molecule has 0 saturated heterocycles. The maximum absolute atomic E-state index is 11.9. The second-order valence-electron chi connectivity index (χ2n) is 5.03. The van der Waals surface area contributed by atoms with Crippen molar-refractivity contribution in [1.29, 1.82) is 0 Å². The van der Waals surface area contributed by atoms with Gasteiger partial charge in [0.05, 0.1) is 0 Å². The highest BCUT2D eigenvalue weighted by atomic mass is 16.5. The van der Waals surface area contributed by atoms with Gasteiger partial charge in [-0.1, -0.05) is 30.3 Å². The summed E-state index contributed by atoms with van der Waals surface area (Å²) in [6.07, 6.45) is 1.66. The molecule has 1 N–H and O–H groups in total. The average Bonchev–Trinajstić information content (AvgIpc) is 2.53. The Kier molecular flexibility index (Phi) is 4.01. The Labute approximate surface area is 128 Å². The first-order valence-electron chi connectivity index (χ1n) is 7.05. The predicted molar refractivity (Wildman–Crippen MR) is 87.0 cm³/mol. The van der Waals surface area contributed by atoms with E-state index in [1.807, 2.05) is 55.5 Å². The fraction of sp³-hybridized carbons (Fsp3) is 0.111. The molecule has 0 radical (unpaired) electrons. The van der Waals surface area contributed by atoms with Gasteiger partial charge < -0.3 is 10.1 Å². The molecule has 22 heavy (non-hydrogen) atoms. The van der Waals surface area contributed by atoms with Crippen molar-refractivity contribution in [2.24, 2.45) is 0 Å². The molecule has 2 aromatic carbocycles. The molecular formula is C18H16N2O2. The van der Waals surface area contributed by atoms with Gasteiger partial charge in [-0.3, -0.25) is 9.78 Å². The predicted octanol–water partition coefficient (Wildman–Crippen LogP) is 3.56. The molecule has 1 amide bonds. The molecule has 0 saturated carbocycles. The first kappa shape index (κ1) is 14.1. The molecule has 3 aromatic rings. The number of amides is 1. The van der Waals surface area contributed by atoms with Crippen molar-refractivity contribution in [2.45, 2.75) is 6.92 Å². The number of carbonyl (C=O) groups excluding carboxylic acids is 1. The van der Waals surface area contributed by atoms with E-state index in [2.05, 4.69) is 10.3 Å². The molecule has 4 nitrogen and oxygen atoms in total. The molecule has 1 heterocycles. The first-order valence-corrected chi connectivity index (χ1v) is 7.05. The van der Waals surface area contributed by atoms with E-state index in [9.17, 15) is 4.79 Å². The van der Waals surface area contributed by atoms with Crippen molar-refractivity contribution in [3.05, 3.63) is 66.5 Å². The highest BCUT2D eigenvalue weighted by Crippen LogP contribution is 2.20. The number of hydrogen-bond donors (Lipinski definition) is 1. The van der Waals surface area contributed by atoms with Gasteiger partial charge in [-0.25, -0.2) is 0 Å². The summed E-state index contributed by atoms with van der Waals surface area (Å²) in [7, 11) is 0. The maximum Gasteiger partial charge on any atom is 0.262 e. The van der Waals surface area contributed by atoms with Gasteiger partial charge in [0.1, 0.15) is 5.75 Å². The minimum absolute atomic E-state index is 0.0281. The number of anilines is 1. The first-order chi connectivity index (χ1) is 10.7. The third-order valence-electron chi connectivity index (χ3n) is 3.27. The van der Waals surface area contributed by atoms with Crippen molar-refractivity contribution in [2.75, 3.05) is 11.9 Å². The zero-order valence-electron chi connectivity index (χ0n) is 12.2. The molecular weight excluding hydrogens is 276 g/mol. The number of pyridine rings is 1. The van der Waals surface area contributed by atoms with Crippen molar-refractivity contribution in [1.82, 2.24) is 4.98 Å². The number of aryl methyl sites for hydroxylation is 1. The van der Waals surface area contributed by atoms with Crippen LogP contribution in [0.15, 0.2) is 60.8 Å². The van der Waals surface area contributed by atoms with Crippen LogP contribution >= 0.6 is 0 Å². The van der Waals surface area contributed by atoms with E-state index >= 15 is 0 Å². The van der Waals surface area contributed by atoms with Crippen LogP contribution in [0.4, 0.5) is 5.69 Å². The van der Waals surface area contributed by atoms with Gasteiger partial charge in [0.2, 0.25) is 0 Å². The molecule has 0 fully saturated rings. The normalized spacial score (nSPS) is 10.4. The Morgan fingerprint density at radius 1 is 1.09 bits per heavy atom. The van der Waals surface area contributed by atoms with Crippen molar-refractivity contribution in [3.63, 3.8) is 0 Å². The van der Waals surface area contributed by atoms with E-state index in [0.29, 0.717) is 5.75 Å². The topological polar surface area (TPSA) is 51.2 Å². The Bertz CT molecular complexity index is 815.